The van der Waals surface area contributed by atoms with Crippen LogP contribution in [0.3, 0.4) is 0 Å². The van der Waals surface area contributed by atoms with Crippen LogP contribution in [0.5, 0.6) is 0 Å². The largest absolute Gasteiger partial charge is 0.459 e. The number of hydrogen-bond acceptors (Lipinski definition) is 7. The van der Waals surface area contributed by atoms with Crippen LogP contribution in [-0.2, 0) is 33.6 Å². The summed E-state index contributed by atoms with van der Waals surface area (Å²) in [5, 5.41) is 0. The lowest BCUT2D eigenvalue weighted by atomic mass is 9.80. The Kier molecular flexibility index (Phi) is 3.08. The second-order valence-electron chi connectivity index (χ2n) is 6.37. The van der Waals surface area contributed by atoms with Crippen LogP contribution in [0.1, 0.15) is 32.6 Å². The third kappa shape index (κ3) is 1.92. The van der Waals surface area contributed by atoms with E-state index in [9.17, 15) is 9.59 Å². The fourth-order valence-electron chi connectivity index (χ4n) is 4.04. The molecule has 5 aliphatic rings. The van der Waals surface area contributed by atoms with Crippen LogP contribution in [0.4, 0.5) is 0 Å². The van der Waals surface area contributed by atoms with E-state index < -0.39 is 18.0 Å². The predicted octanol–water partition coefficient (Wildman–Crippen LogP) is 1.02. The van der Waals surface area contributed by atoms with Gasteiger partial charge in [0.1, 0.15) is 12.2 Å². The summed E-state index contributed by atoms with van der Waals surface area (Å²) in [7, 11) is 0. The van der Waals surface area contributed by atoms with Crippen molar-refractivity contribution in [3.05, 3.63) is 12.2 Å². The molecular weight excluding hydrogens is 292 g/mol. The molecule has 6 atom stereocenters. The smallest absolute Gasteiger partial charge is 0.334 e. The summed E-state index contributed by atoms with van der Waals surface area (Å²) in [6.07, 6.45) is 0.628. The molecule has 1 spiro atoms. The van der Waals surface area contributed by atoms with Gasteiger partial charge in [-0.2, -0.15) is 0 Å². The van der Waals surface area contributed by atoms with Crippen molar-refractivity contribution < 1.29 is 33.6 Å². The van der Waals surface area contributed by atoms with Crippen molar-refractivity contribution in [2.45, 2.75) is 62.8 Å². The van der Waals surface area contributed by atoms with Crippen molar-refractivity contribution in [1.29, 1.82) is 0 Å². The zero-order chi connectivity index (χ0) is 15.5. The lowest BCUT2D eigenvalue weighted by Crippen LogP contribution is -2.66. The number of carbonyl (C=O) groups excluding carboxylic acids is 2. The lowest BCUT2D eigenvalue weighted by molar-refractivity contribution is -0.530. The Bertz CT molecular complexity index is 544. The number of rotatable bonds is 1. The summed E-state index contributed by atoms with van der Waals surface area (Å²) in [5.74, 6) is -0.770. The van der Waals surface area contributed by atoms with E-state index in [4.69, 9.17) is 24.0 Å². The van der Waals surface area contributed by atoms with Gasteiger partial charge in [-0.05, 0) is 19.3 Å². The molecule has 4 saturated heterocycles. The van der Waals surface area contributed by atoms with Crippen molar-refractivity contribution in [1.82, 2.24) is 0 Å². The molecule has 0 aromatic heterocycles. The van der Waals surface area contributed by atoms with Gasteiger partial charge in [0.15, 0.2) is 11.9 Å². The van der Waals surface area contributed by atoms with Gasteiger partial charge in [-0.15, -0.1) is 0 Å². The number of esters is 2. The van der Waals surface area contributed by atoms with Crippen LogP contribution in [0.15, 0.2) is 12.2 Å². The highest BCUT2D eigenvalue weighted by Gasteiger charge is 2.63. The fraction of sp³-hybridized carbons (Fsp3) is 0.733. The zero-order valence-corrected chi connectivity index (χ0v) is 12.3. The monoisotopic (exact) mass is 310 g/mol. The fourth-order valence-corrected chi connectivity index (χ4v) is 4.04. The minimum atomic E-state index is -0.836. The lowest BCUT2D eigenvalue weighted by Gasteiger charge is -2.52. The van der Waals surface area contributed by atoms with E-state index in [1.54, 1.807) is 0 Å². The minimum absolute atomic E-state index is 0.0854. The van der Waals surface area contributed by atoms with Crippen LogP contribution >= 0.6 is 0 Å². The van der Waals surface area contributed by atoms with E-state index in [0.29, 0.717) is 31.3 Å². The summed E-state index contributed by atoms with van der Waals surface area (Å²) in [5.41, 5.74) is -0.352. The maximum atomic E-state index is 11.7. The minimum Gasteiger partial charge on any atom is -0.459 e. The highest BCUT2D eigenvalue weighted by molar-refractivity contribution is 5.90. The molecule has 5 fully saturated rings. The highest BCUT2D eigenvalue weighted by Crippen LogP contribution is 2.50. The van der Waals surface area contributed by atoms with E-state index in [1.807, 2.05) is 0 Å². The molecule has 0 N–H and O–H groups in total. The molecular formula is C15H18O7. The Morgan fingerprint density at radius 1 is 1.41 bits per heavy atom. The summed E-state index contributed by atoms with van der Waals surface area (Å²) < 4.78 is 16.8. The summed E-state index contributed by atoms with van der Waals surface area (Å²) in [4.78, 5) is 33.9. The van der Waals surface area contributed by atoms with Crippen LogP contribution in [0, 0.1) is 5.92 Å². The van der Waals surface area contributed by atoms with Gasteiger partial charge in [0.05, 0.1) is 6.10 Å². The van der Waals surface area contributed by atoms with E-state index >= 15 is 0 Å². The van der Waals surface area contributed by atoms with Gasteiger partial charge in [-0.25, -0.2) is 14.6 Å². The third-order valence-corrected chi connectivity index (χ3v) is 5.14. The first-order valence-electron chi connectivity index (χ1n) is 7.56. The summed E-state index contributed by atoms with van der Waals surface area (Å²) in [6.45, 7) is 5.22. The summed E-state index contributed by atoms with van der Waals surface area (Å²) >= 11 is 0. The Labute approximate surface area is 127 Å². The molecule has 1 saturated carbocycles. The molecule has 2 bridgehead atoms. The molecule has 0 amide bonds. The molecule has 5 rings (SSSR count). The van der Waals surface area contributed by atoms with Crippen LogP contribution in [0.2, 0.25) is 0 Å². The molecule has 7 heteroatoms. The van der Waals surface area contributed by atoms with Gasteiger partial charge in [-0.1, -0.05) is 6.58 Å². The number of hydrogen-bond donors (Lipinski definition) is 0. The molecule has 1 aliphatic carbocycles. The van der Waals surface area contributed by atoms with Crippen molar-refractivity contribution >= 4 is 11.9 Å². The molecule has 4 heterocycles. The van der Waals surface area contributed by atoms with E-state index in [2.05, 4.69) is 6.58 Å². The molecule has 4 aliphatic heterocycles. The quantitative estimate of drug-likeness (QED) is 0.406. The SMILES string of the molecule is C=C1C(=O)O[C@@H]2CCC34OOC(CC3OC(C)=O)OC4C[C@H]12. The number of carbonyl (C=O) groups is 2. The van der Waals surface area contributed by atoms with Crippen molar-refractivity contribution in [3.63, 3.8) is 0 Å². The van der Waals surface area contributed by atoms with Crippen molar-refractivity contribution in [3.8, 4) is 0 Å². The Morgan fingerprint density at radius 3 is 3.00 bits per heavy atom. The molecule has 22 heavy (non-hydrogen) atoms. The van der Waals surface area contributed by atoms with Crippen LogP contribution < -0.4 is 0 Å². The van der Waals surface area contributed by atoms with Gasteiger partial charge < -0.3 is 14.2 Å². The molecule has 7 nitrogen and oxygen atoms in total. The second kappa shape index (κ2) is 4.78. The Morgan fingerprint density at radius 2 is 2.23 bits per heavy atom. The first-order valence-corrected chi connectivity index (χ1v) is 7.56. The van der Waals surface area contributed by atoms with Gasteiger partial charge in [0.25, 0.3) is 0 Å². The zero-order valence-electron chi connectivity index (χ0n) is 12.3. The highest BCUT2D eigenvalue weighted by atomic mass is 17.2. The Hall–Kier alpha value is -1.44. The molecule has 0 aromatic rings. The molecule has 0 aromatic carbocycles. The van der Waals surface area contributed by atoms with Gasteiger partial charge in [-0.3, -0.25) is 4.79 Å². The van der Waals surface area contributed by atoms with Gasteiger partial charge in [0.2, 0.25) is 0 Å². The van der Waals surface area contributed by atoms with Gasteiger partial charge >= 0.3 is 11.9 Å². The Balaban J connectivity index is 1.64. The molecule has 4 unspecified atom stereocenters. The first-order chi connectivity index (χ1) is 10.5. The average molecular weight is 310 g/mol. The second-order valence-corrected chi connectivity index (χ2v) is 6.37. The van der Waals surface area contributed by atoms with Crippen molar-refractivity contribution in [2.24, 2.45) is 5.92 Å². The first kappa shape index (κ1) is 14.2. The van der Waals surface area contributed by atoms with Crippen molar-refractivity contribution in [2.75, 3.05) is 0 Å². The summed E-state index contributed by atoms with van der Waals surface area (Å²) in [6, 6.07) is 0. The van der Waals surface area contributed by atoms with E-state index in [1.165, 1.54) is 6.92 Å². The van der Waals surface area contributed by atoms with E-state index in [-0.39, 0.29) is 30.1 Å². The number of ether oxygens (including phenoxy) is 3. The topological polar surface area (TPSA) is 80.3 Å². The molecule has 0 radical (unpaired) electrons. The number of fused-ring (bicyclic) bond motifs is 3. The third-order valence-electron chi connectivity index (χ3n) is 5.14. The van der Waals surface area contributed by atoms with Gasteiger partial charge in [0, 0.05) is 24.8 Å². The maximum absolute atomic E-state index is 11.7. The standard InChI is InChI=1S/C15H18O7/c1-7-9-5-11-15(4-3-10(9)19-14(7)17)12(18-8(2)16)6-13(20-11)21-22-15/h9-13H,1,3-6H2,2H3/t9-,10-,11?,12?,13?,15?/m1/s1. The molecule has 120 valence electrons. The van der Waals surface area contributed by atoms with E-state index in [0.717, 1.165) is 0 Å². The average Bonchev–Trinajstić information content (AvgIpc) is 2.66. The predicted molar refractivity (Wildman–Crippen MR) is 70.1 cm³/mol. The van der Waals surface area contributed by atoms with Crippen LogP contribution in [-0.4, -0.2) is 42.1 Å². The maximum Gasteiger partial charge on any atom is 0.334 e. The van der Waals surface area contributed by atoms with Crippen LogP contribution in [0.25, 0.3) is 0 Å². The normalized spacial score (nSPS) is 46.5.